The van der Waals surface area contributed by atoms with Gasteiger partial charge in [-0.15, -0.1) is 0 Å². The van der Waals surface area contributed by atoms with Crippen LogP contribution in [0.3, 0.4) is 0 Å². The van der Waals surface area contributed by atoms with Gasteiger partial charge >= 0.3 is 12.1 Å². The number of carbonyl (C=O) groups excluding carboxylic acids is 2. The summed E-state index contributed by atoms with van der Waals surface area (Å²) in [6.45, 7) is 1.28. The zero-order chi connectivity index (χ0) is 16.8. The minimum Gasteiger partial charge on any atom is -0.467 e. The lowest BCUT2D eigenvalue weighted by Crippen LogP contribution is -2.27. The molecule has 1 rings (SSSR count). The van der Waals surface area contributed by atoms with E-state index in [1.807, 2.05) is 0 Å². The van der Waals surface area contributed by atoms with Crippen molar-refractivity contribution >= 4 is 17.5 Å². The van der Waals surface area contributed by atoms with Crippen molar-refractivity contribution < 1.29 is 27.5 Å². The topological polar surface area (TPSA) is 55.7 Å². The molecule has 0 aliphatic carbocycles. The molecule has 120 valence electrons. The fourth-order valence-electron chi connectivity index (χ4n) is 1.80. The van der Waals surface area contributed by atoms with Crippen LogP contribution in [-0.2, 0) is 20.7 Å². The van der Waals surface area contributed by atoms with Crippen LogP contribution >= 0.6 is 0 Å². The summed E-state index contributed by atoms with van der Waals surface area (Å²) in [4.78, 5) is 26.5. The van der Waals surface area contributed by atoms with Gasteiger partial charge in [-0.05, 0) is 12.5 Å². The molecule has 0 aromatic heterocycles. The van der Waals surface area contributed by atoms with Gasteiger partial charge in [0.1, 0.15) is 0 Å². The molecule has 0 bridgehead atoms. The Bertz CT molecular complexity index is 553. The van der Waals surface area contributed by atoms with E-state index < -0.39 is 30.4 Å². The molecule has 0 heterocycles. The standard InChI is InChI=1S/C15H16F3NO3/c1-10(8-13(20)15(16,17)18)19-12(14(21)22-2)9-11-6-4-3-5-7-11/h3-7,12H,8-9H2,1-2H3/t12-/m0/s1. The second-order valence-corrected chi connectivity index (χ2v) is 4.69. The molecular formula is C15H16F3NO3. The van der Waals surface area contributed by atoms with Gasteiger partial charge in [0.25, 0.3) is 0 Å². The molecule has 0 unspecified atom stereocenters. The third-order valence-electron chi connectivity index (χ3n) is 2.85. The number of nitrogens with zero attached hydrogens (tertiary/aromatic N) is 1. The van der Waals surface area contributed by atoms with E-state index in [0.29, 0.717) is 0 Å². The molecule has 0 saturated heterocycles. The van der Waals surface area contributed by atoms with Gasteiger partial charge in [0.2, 0.25) is 5.78 Å². The highest BCUT2D eigenvalue weighted by molar-refractivity contribution is 6.03. The zero-order valence-corrected chi connectivity index (χ0v) is 12.2. The summed E-state index contributed by atoms with van der Waals surface area (Å²) in [6, 6.07) is 7.89. The molecule has 0 aliphatic rings. The maximum Gasteiger partial charge on any atom is 0.450 e. The smallest absolute Gasteiger partial charge is 0.450 e. The van der Waals surface area contributed by atoms with Crippen molar-refractivity contribution in [3.05, 3.63) is 35.9 Å². The molecule has 0 saturated carbocycles. The first-order valence-electron chi connectivity index (χ1n) is 6.49. The molecule has 1 atom stereocenters. The van der Waals surface area contributed by atoms with E-state index in [-0.39, 0.29) is 12.1 Å². The highest BCUT2D eigenvalue weighted by atomic mass is 19.4. The number of methoxy groups -OCH3 is 1. The predicted molar refractivity (Wildman–Crippen MR) is 74.7 cm³/mol. The summed E-state index contributed by atoms with van der Waals surface area (Å²) >= 11 is 0. The van der Waals surface area contributed by atoms with E-state index in [1.54, 1.807) is 30.3 Å². The third kappa shape index (κ3) is 5.67. The zero-order valence-electron chi connectivity index (χ0n) is 12.2. The van der Waals surface area contributed by atoms with Crippen LogP contribution in [-0.4, -0.2) is 36.8 Å². The Labute approximate surface area is 126 Å². The van der Waals surface area contributed by atoms with Crippen LogP contribution < -0.4 is 0 Å². The Morgan fingerprint density at radius 2 is 1.82 bits per heavy atom. The number of alkyl halides is 3. The molecule has 0 radical (unpaired) electrons. The Morgan fingerprint density at radius 1 is 1.23 bits per heavy atom. The van der Waals surface area contributed by atoms with Crippen molar-refractivity contribution in [1.29, 1.82) is 0 Å². The number of rotatable bonds is 6. The van der Waals surface area contributed by atoms with E-state index in [9.17, 15) is 22.8 Å². The molecule has 0 N–H and O–H groups in total. The minimum absolute atomic E-state index is 0.0614. The van der Waals surface area contributed by atoms with Gasteiger partial charge in [0, 0.05) is 12.1 Å². The summed E-state index contributed by atoms with van der Waals surface area (Å²) in [5.74, 6) is -2.56. The fourth-order valence-corrected chi connectivity index (χ4v) is 1.80. The second kappa shape index (κ2) is 7.72. The Balaban J connectivity index is 2.86. The number of benzene rings is 1. The first-order valence-corrected chi connectivity index (χ1v) is 6.49. The van der Waals surface area contributed by atoms with E-state index in [1.165, 1.54) is 14.0 Å². The molecule has 1 aromatic carbocycles. The third-order valence-corrected chi connectivity index (χ3v) is 2.85. The normalized spacial score (nSPS) is 13.6. The maximum absolute atomic E-state index is 12.2. The van der Waals surface area contributed by atoms with Crippen molar-refractivity contribution in [1.82, 2.24) is 0 Å². The average Bonchev–Trinajstić information content (AvgIpc) is 2.45. The number of ketones is 1. The van der Waals surface area contributed by atoms with Crippen LogP contribution in [0.4, 0.5) is 13.2 Å². The maximum atomic E-state index is 12.2. The van der Waals surface area contributed by atoms with E-state index >= 15 is 0 Å². The van der Waals surface area contributed by atoms with Gasteiger partial charge < -0.3 is 4.74 Å². The molecular weight excluding hydrogens is 299 g/mol. The van der Waals surface area contributed by atoms with Crippen LogP contribution in [0.5, 0.6) is 0 Å². The predicted octanol–water partition coefficient (Wildman–Crippen LogP) is 2.75. The number of esters is 1. The van der Waals surface area contributed by atoms with Gasteiger partial charge in [0.15, 0.2) is 6.04 Å². The number of halogens is 3. The summed E-state index contributed by atoms with van der Waals surface area (Å²) in [5.41, 5.74) is 0.727. The van der Waals surface area contributed by atoms with Gasteiger partial charge in [-0.3, -0.25) is 9.79 Å². The fraction of sp³-hybridized carbons (Fsp3) is 0.400. The number of hydrogen-bond donors (Lipinski definition) is 0. The number of Topliss-reactive ketones (excluding diaryl/α,β-unsaturated/α-hetero) is 1. The van der Waals surface area contributed by atoms with Gasteiger partial charge in [-0.2, -0.15) is 13.2 Å². The lowest BCUT2D eigenvalue weighted by molar-refractivity contribution is -0.169. The molecule has 0 spiro atoms. The average molecular weight is 315 g/mol. The Kier molecular flexibility index (Phi) is 6.27. The van der Waals surface area contributed by atoms with Crippen LogP contribution in [0.2, 0.25) is 0 Å². The lowest BCUT2D eigenvalue weighted by atomic mass is 10.1. The van der Waals surface area contributed by atoms with E-state index in [2.05, 4.69) is 9.73 Å². The van der Waals surface area contributed by atoms with E-state index in [0.717, 1.165) is 5.56 Å². The van der Waals surface area contributed by atoms with Crippen LogP contribution in [0.25, 0.3) is 0 Å². The van der Waals surface area contributed by atoms with Crippen molar-refractivity contribution in [3.8, 4) is 0 Å². The molecule has 22 heavy (non-hydrogen) atoms. The van der Waals surface area contributed by atoms with Gasteiger partial charge in [-0.25, -0.2) is 4.79 Å². The molecule has 7 heteroatoms. The molecule has 1 aromatic rings. The summed E-state index contributed by atoms with van der Waals surface area (Å²) in [7, 11) is 1.17. The highest BCUT2D eigenvalue weighted by Gasteiger charge is 2.38. The Hall–Kier alpha value is -2.18. The van der Waals surface area contributed by atoms with E-state index in [4.69, 9.17) is 0 Å². The number of hydrogen-bond acceptors (Lipinski definition) is 4. The molecule has 0 aliphatic heterocycles. The number of ether oxygens (including phenoxy) is 1. The molecule has 4 nitrogen and oxygen atoms in total. The first kappa shape index (κ1) is 17.9. The van der Waals surface area contributed by atoms with Crippen molar-refractivity contribution in [2.45, 2.75) is 32.0 Å². The molecule has 0 amide bonds. The highest BCUT2D eigenvalue weighted by Crippen LogP contribution is 2.18. The summed E-state index contributed by atoms with van der Waals surface area (Å²) in [5, 5.41) is 0. The molecule has 0 fully saturated rings. The van der Waals surface area contributed by atoms with Crippen molar-refractivity contribution in [3.63, 3.8) is 0 Å². The lowest BCUT2D eigenvalue weighted by Gasteiger charge is -2.12. The number of aliphatic imine (C=N–C) groups is 1. The summed E-state index contributed by atoms with van der Waals surface area (Å²) in [6.07, 6.45) is -5.59. The monoisotopic (exact) mass is 315 g/mol. The van der Waals surface area contributed by atoms with Crippen LogP contribution in [0, 0.1) is 0 Å². The quantitative estimate of drug-likeness (QED) is 0.599. The first-order chi connectivity index (χ1) is 10.2. The Morgan fingerprint density at radius 3 is 2.32 bits per heavy atom. The summed E-state index contributed by atoms with van der Waals surface area (Å²) < 4.78 is 41.3. The number of carbonyl (C=O) groups is 2. The van der Waals surface area contributed by atoms with Gasteiger partial charge in [-0.1, -0.05) is 30.3 Å². The van der Waals surface area contributed by atoms with Crippen LogP contribution in [0.1, 0.15) is 18.9 Å². The van der Waals surface area contributed by atoms with Gasteiger partial charge in [0.05, 0.1) is 13.5 Å². The minimum atomic E-state index is -4.91. The second-order valence-electron chi connectivity index (χ2n) is 4.69. The van der Waals surface area contributed by atoms with Crippen molar-refractivity contribution in [2.24, 2.45) is 4.99 Å². The SMILES string of the molecule is COC(=O)[C@H](Cc1ccccc1)N=C(C)CC(=O)C(F)(F)F. The van der Waals surface area contributed by atoms with Crippen LogP contribution in [0.15, 0.2) is 35.3 Å². The largest absolute Gasteiger partial charge is 0.467 e. The van der Waals surface area contributed by atoms with Crippen molar-refractivity contribution in [2.75, 3.05) is 7.11 Å².